The number of carbonyl (C=O) groups excluding carboxylic acids is 3. The molecule has 0 radical (unpaired) electrons. The van der Waals surface area contributed by atoms with Crippen LogP contribution in [-0.2, 0) is 19.1 Å². The first-order chi connectivity index (χ1) is 13.9. The standard InChI is InChI=1S/C19H23N3O7/c1-28-16-7-6-14(22(26)27)9-15(16)20-17(23)11-29-19(25)12-8-18(24)21(10-12)13-4-2-3-5-13/h6-7,9,12-13H,2-5,8,10-11H2,1H3,(H,20,23)/t12-/m0/s1. The summed E-state index contributed by atoms with van der Waals surface area (Å²) in [5, 5.41) is 13.3. The maximum atomic E-state index is 12.3. The van der Waals surface area contributed by atoms with Crippen LogP contribution in [0.3, 0.4) is 0 Å². The molecule has 0 unspecified atom stereocenters. The number of hydrogen-bond donors (Lipinski definition) is 1. The molecule has 10 nitrogen and oxygen atoms in total. The van der Waals surface area contributed by atoms with Gasteiger partial charge in [0.1, 0.15) is 5.75 Å². The Balaban J connectivity index is 1.53. The van der Waals surface area contributed by atoms with Crippen molar-refractivity contribution >= 4 is 29.2 Å². The van der Waals surface area contributed by atoms with Crippen LogP contribution in [0.15, 0.2) is 18.2 Å². The molecule has 1 N–H and O–H groups in total. The molecule has 1 aliphatic carbocycles. The smallest absolute Gasteiger partial charge is 0.311 e. The Kier molecular flexibility index (Phi) is 6.30. The van der Waals surface area contributed by atoms with Crippen LogP contribution in [0, 0.1) is 16.0 Å². The molecule has 1 saturated carbocycles. The molecule has 2 aliphatic rings. The number of nitrogens with one attached hydrogen (secondary N) is 1. The normalized spacial score (nSPS) is 19.3. The molecular weight excluding hydrogens is 382 g/mol. The van der Waals surface area contributed by atoms with Gasteiger partial charge in [-0.25, -0.2) is 0 Å². The molecule has 1 aliphatic heterocycles. The van der Waals surface area contributed by atoms with Crippen molar-refractivity contribution in [3.63, 3.8) is 0 Å². The highest BCUT2D eigenvalue weighted by atomic mass is 16.6. The van der Waals surface area contributed by atoms with E-state index in [1.807, 2.05) is 0 Å². The molecule has 156 valence electrons. The predicted molar refractivity (Wildman–Crippen MR) is 101 cm³/mol. The molecule has 2 amide bonds. The zero-order valence-electron chi connectivity index (χ0n) is 16.1. The summed E-state index contributed by atoms with van der Waals surface area (Å²) in [5.74, 6) is -1.65. The van der Waals surface area contributed by atoms with E-state index in [0.717, 1.165) is 31.7 Å². The number of methoxy groups -OCH3 is 1. The first-order valence-corrected chi connectivity index (χ1v) is 9.47. The third kappa shape index (κ3) is 4.82. The van der Waals surface area contributed by atoms with Gasteiger partial charge in [0.05, 0.1) is 23.6 Å². The summed E-state index contributed by atoms with van der Waals surface area (Å²) in [7, 11) is 1.37. The van der Waals surface area contributed by atoms with Crippen molar-refractivity contribution in [2.75, 3.05) is 25.6 Å². The van der Waals surface area contributed by atoms with Gasteiger partial charge in [0.2, 0.25) is 5.91 Å². The van der Waals surface area contributed by atoms with Crippen LogP contribution in [0.2, 0.25) is 0 Å². The van der Waals surface area contributed by atoms with E-state index in [2.05, 4.69) is 5.32 Å². The zero-order chi connectivity index (χ0) is 21.0. The summed E-state index contributed by atoms with van der Waals surface area (Å²) < 4.78 is 10.1. The van der Waals surface area contributed by atoms with Gasteiger partial charge >= 0.3 is 5.97 Å². The Hall–Kier alpha value is -3.17. The number of ether oxygens (including phenoxy) is 2. The lowest BCUT2D eigenvalue weighted by Crippen LogP contribution is -2.35. The largest absolute Gasteiger partial charge is 0.495 e. The molecule has 10 heteroatoms. The van der Waals surface area contributed by atoms with Crippen LogP contribution in [0.4, 0.5) is 11.4 Å². The Morgan fingerprint density at radius 2 is 2.03 bits per heavy atom. The van der Waals surface area contributed by atoms with Gasteiger partial charge < -0.3 is 19.7 Å². The lowest BCUT2D eigenvalue weighted by Gasteiger charge is -2.23. The third-order valence-electron chi connectivity index (χ3n) is 5.27. The summed E-state index contributed by atoms with van der Waals surface area (Å²) in [6, 6.07) is 3.97. The Morgan fingerprint density at radius 1 is 1.31 bits per heavy atom. The summed E-state index contributed by atoms with van der Waals surface area (Å²) in [6.07, 6.45) is 4.19. The number of anilines is 1. The minimum atomic E-state index is -0.658. The lowest BCUT2D eigenvalue weighted by atomic mass is 10.1. The Morgan fingerprint density at radius 3 is 2.69 bits per heavy atom. The topological polar surface area (TPSA) is 128 Å². The lowest BCUT2D eigenvalue weighted by molar-refractivity contribution is -0.384. The Bertz CT molecular complexity index is 820. The van der Waals surface area contributed by atoms with Crippen molar-refractivity contribution < 1.29 is 28.8 Å². The molecule has 0 aromatic heterocycles. The number of carbonyl (C=O) groups is 3. The molecule has 1 saturated heterocycles. The highest BCUT2D eigenvalue weighted by Gasteiger charge is 2.39. The molecule has 1 atom stereocenters. The molecule has 1 aromatic rings. The van der Waals surface area contributed by atoms with Gasteiger partial charge in [0.25, 0.3) is 11.6 Å². The van der Waals surface area contributed by atoms with Crippen molar-refractivity contribution in [1.82, 2.24) is 4.90 Å². The number of rotatable bonds is 7. The number of hydrogen-bond acceptors (Lipinski definition) is 7. The van der Waals surface area contributed by atoms with E-state index in [0.29, 0.717) is 6.54 Å². The summed E-state index contributed by atoms with van der Waals surface area (Å²) >= 11 is 0. The van der Waals surface area contributed by atoms with Crippen LogP contribution in [0.1, 0.15) is 32.1 Å². The fraction of sp³-hybridized carbons (Fsp3) is 0.526. The van der Waals surface area contributed by atoms with E-state index in [1.165, 1.54) is 19.2 Å². The number of benzene rings is 1. The van der Waals surface area contributed by atoms with Crippen LogP contribution in [-0.4, -0.2) is 53.9 Å². The van der Waals surface area contributed by atoms with Crippen molar-refractivity contribution in [2.45, 2.75) is 38.1 Å². The molecule has 1 heterocycles. The second-order valence-corrected chi connectivity index (χ2v) is 7.18. The fourth-order valence-electron chi connectivity index (χ4n) is 3.81. The van der Waals surface area contributed by atoms with Crippen molar-refractivity contribution in [3.8, 4) is 5.75 Å². The monoisotopic (exact) mass is 405 g/mol. The molecule has 3 rings (SSSR count). The predicted octanol–water partition coefficient (Wildman–Crippen LogP) is 1.88. The van der Waals surface area contributed by atoms with Gasteiger partial charge in [0, 0.05) is 31.1 Å². The SMILES string of the molecule is COc1ccc([N+](=O)[O-])cc1NC(=O)COC(=O)[C@H]1CC(=O)N(C2CCCC2)C1. The highest BCUT2D eigenvalue weighted by molar-refractivity contribution is 5.95. The first kappa shape index (κ1) is 20.6. The second-order valence-electron chi connectivity index (χ2n) is 7.18. The van der Waals surface area contributed by atoms with E-state index in [9.17, 15) is 24.5 Å². The van der Waals surface area contributed by atoms with Crippen LogP contribution in [0.5, 0.6) is 5.75 Å². The Labute approximate surface area is 167 Å². The van der Waals surface area contributed by atoms with Crippen molar-refractivity contribution in [2.24, 2.45) is 5.92 Å². The molecule has 2 fully saturated rings. The third-order valence-corrected chi connectivity index (χ3v) is 5.27. The highest BCUT2D eigenvalue weighted by Crippen LogP contribution is 2.30. The summed E-state index contributed by atoms with van der Waals surface area (Å²) in [4.78, 5) is 48.7. The van der Waals surface area contributed by atoms with Gasteiger partial charge in [-0.1, -0.05) is 12.8 Å². The number of likely N-dealkylation sites (tertiary alicyclic amines) is 1. The van der Waals surface area contributed by atoms with Crippen LogP contribution < -0.4 is 10.1 Å². The average molecular weight is 405 g/mol. The van der Waals surface area contributed by atoms with E-state index < -0.39 is 29.3 Å². The first-order valence-electron chi connectivity index (χ1n) is 9.47. The van der Waals surface area contributed by atoms with Gasteiger partial charge in [-0.2, -0.15) is 0 Å². The van der Waals surface area contributed by atoms with E-state index >= 15 is 0 Å². The minimum absolute atomic E-state index is 0.0513. The van der Waals surface area contributed by atoms with Crippen LogP contribution in [0.25, 0.3) is 0 Å². The van der Waals surface area contributed by atoms with Gasteiger partial charge in [-0.15, -0.1) is 0 Å². The van der Waals surface area contributed by atoms with E-state index in [4.69, 9.17) is 9.47 Å². The molecule has 0 spiro atoms. The second kappa shape index (κ2) is 8.89. The van der Waals surface area contributed by atoms with Crippen LogP contribution >= 0.6 is 0 Å². The van der Waals surface area contributed by atoms with Gasteiger partial charge in [-0.3, -0.25) is 24.5 Å². The number of nitrogens with zero attached hydrogens (tertiary/aromatic N) is 2. The summed E-state index contributed by atoms with van der Waals surface area (Å²) in [5.41, 5.74) is -0.110. The molecule has 0 bridgehead atoms. The molecule has 29 heavy (non-hydrogen) atoms. The number of nitro groups is 1. The fourth-order valence-corrected chi connectivity index (χ4v) is 3.81. The maximum Gasteiger partial charge on any atom is 0.311 e. The maximum absolute atomic E-state index is 12.3. The van der Waals surface area contributed by atoms with Crippen molar-refractivity contribution in [3.05, 3.63) is 28.3 Å². The van der Waals surface area contributed by atoms with Crippen molar-refractivity contribution in [1.29, 1.82) is 0 Å². The molecular formula is C19H23N3O7. The van der Waals surface area contributed by atoms with Gasteiger partial charge in [0.15, 0.2) is 6.61 Å². The van der Waals surface area contributed by atoms with E-state index in [1.54, 1.807) is 4.90 Å². The van der Waals surface area contributed by atoms with E-state index in [-0.39, 0.29) is 35.5 Å². The zero-order valence-corrected chi connectivity index (χ0v) is 16.1. The number of non-ortho nitro benzene ring substituents is 1. The minimum Gasteiger partial charge on any atom is -0.495 e. The summed E-state index contributed by atoms with van der Waals surface area (Å²) in [6.45, 7) is -0.235. The average Bonchev–Trinajstić information content (AvgIpc) is 3.35. The number of esters is 1. The number of nitro benzene ring substituents is 1. The van der Waals surface area contributed by atoms with Gasteiger partial charge in [-0.05, 0) is 18.9 Å². The molecule has 1 aromatic carbocycles. The quantitative estimate of drug-likeness (QED) is 0.417. The number of amides is 2.